The SMILES string of the molecule is CCC[C@H](NC)C(=O)CC(O)(C(=O)O)C(=O)C(O)(CC(=O)C(C)(O)C(=O)[C@H](C)NC)C(=O)[C@@H](NC)C(C)CC. The summed E-state index contributed by atoms with van der Waals surface area (Å²) in [5.41, 5.74) is -9.92. The topological polar surface area (TPSA) is 219 Å². The maximum absolute atomic E-state index is 13.7. The summed E-state index contributed by atoms with van der Waals surface area (Å²) in [7, 11) is 4.15. The van der Waals surface area contributed by atoms with E-state index < -0.39 is 88.6 Å². The number of aliphatic hydroxyl groups is 3. The summed E-state index contributed by atoms with van der Waals surface area (Å²) in [4.78, 5) is 78.2. The number of likely N-dealkylation sites (N-methyl/N-ethyl adjacent to an activating group) is 3. The maximum Gasteiger partial charge on any atom is 0.344 e. The van der Waals surface area contributed by atoms with Gasteiger partial charge < -0.3 is 36.4 Å². The molecule has 13 heteroatoms. The molecule has 0 aromatic carbocycles. The zero-order valence-electron chi connectivity index (χ0n) is 24.1. The first-order valence-corrected chi connectivity index (χ1v) is 13.0. The Morgan fingerprint density at radius 1 is 0.795 bits per heavy atom. The summed E-state index contributed by atoms with van der Waals surface area (Å²) in [5, 5.41) is 51.0. The summed E-state index contributed by atoms with van der Waals surface area (Å²) in [6.07, 6.45) is -1.74. The van der Waals surface area contributed by atoms with Crippen LogP contribution in [-0.4, -0.2) is 111 Å². The van der Waals surface area contributed by atoms with Crippen molar-refractivity contribution >= 4 is 34.9 Å². The summed E-state index contributed by atoms with van der Waals surface area (Å²) in [6, 6.07) is -3.28. The van der Waals surface area contributed by atoms with E-state index in [2.05, 4.69) is 16.0 Å². The molecule has 0 saturated heterocycles. The third-order valence-electron chi connectivity index (χ3n) is 7.33. The molecule has 4 unspecified atom stereocenters. The number of carbonyl (C=O) groups is 6. The summed E-state index contributed by atoms with van der Waals surface area (Å²) >= 11 is 0. The molecular weight excluding hydrogens is 514 g/mol. The van der Waals surface area contributed by atoms with Crippen molar-refractivity contribution in [2.24, 2.45) is 5.92 Å². The zero-order chi connectivity index (χ0) is 30.9. The average molecular weight is 560 g/mol. The number of carboxylic acids is 1. The Morgan fingerprint density at radius 2 is 1.33 bits per heavy atom. The molecule has 0 bridgehead atoms. The van der Waals surface area contributed by atoms with Crippen LogP contribution in [0.15, 0.2) is 0 Å². The number of hydrogen-bond acceptors (Lipinski definition) is 12. The third kappa shape index (κ3) is 8.05. The molecule has 0 heterocycles. The third-order valence-corrected chi connectivity index (χ3v) is 7.33. The van der Waals surface area contributed by atoms with Gasteiger partial charge in [-0.15, -0.1) is 0 Å². The fourth-order valence-electron chi connectivity index (χ4n) is 4.27. The van der Waals surface area contributed by atoms with Crippen LogP contribution in [0.2, 0.25) is 0 Å². The van der Waals surface area contributed by atoms with Crippen LogP contribution in [0, 0.1) is 5.92 Å². The van der Waals surface area contributed by atoms with E-state index in [0.717, 1.165) is 6.92 Å². The highest BCUT2D eigenvalue weighted by Gasteiger charge is 2.61. The molecule has 0 aromatic heterocycles. The molecule has 0 aliphatic heterocycles. The molecule has 7 atom stereocenters. The smallest absolute Gasteiger partial charge is 0.344 e. The average Bonchev–Trinajstić information content (AvgIpc) is 2.89. The van der Waals surface area contributed by atoms with Gasteiger partial charge >= 0.3 is 5.97 Å². The van der Waals surface area contributed by atoms with E-state index in [1.165, 1.54) is 28.1 Å². The lowest BCUT2D eigenvalue weighted by Gasteiger charge is -2.37. The van der Waals surface area contributed by atoms with Gasteiger partial charge in [-0.05, 0) is 47.3 Å². The number of hydrogen-bond donors (Lipinski definition) is 7. The zero-order valence-corrected chi connectivity index (χ0v) is 24.1. The van der Waals surface area contributed by atoms with E-state index in [1.54, 1.807) is 20.8 Å². The van der Waals surface area contributed by atoms with Crippen molar-refractivity contribution in [2.45, 2.75) is 102 Å². The highest BCUT2D eigenvalue weighted by Crippen LogP contribution is 2.30. The minimum Gasteiger partial charge on any atom is -0.479 e. The molecule has 0 aliphatic carbocycles. The summed E-state index contributed by atoms with van der Waals surface area (Å²) in [6.45, 7) is 7.21. The molecule has 0 amide bonds. The van der Waals surface area contributed by atoms with Crippen LogP contribution in [0.5, 0.6) is 0 Å². The van der Waals surface area contributed by atoms with Gasteiger partial charge in [0.15, 0.2) is 34.3 Å². The van der Waals surface area contributed by atoms with Gasteiger partial charge in [-0.3, -0.25) is 24.0 Å². The van der Waals surface area contributed by atoms with Crippen LogP contribution in [-0.2, 0) is 28.8 Å². The standard InChI is InChI=1S/C26H45N3O10/c1-9-11-16(28-7)17(30)12-26(39,23(35)36)22(34)25(38,21(33)19(29-8)14(3)10-2)13-18(31)24(5,37)20(32)15(4)27-6/h14-16,19,27-29,37-39H,9-13H2,1-8H3,(H,35,36)/t14?,15-,16-,19-,24?,25?,26?/m0/s1. The van der Waals surface area contributed by atoms with Gasteiger partial charge in [-0.1, -0.05) is 33.6 Å². The van der Waals surface area contributed by atoms with Crippen molar-refractivity contribution in [2.75, 3.05) is 21.1 Å². The number of rotatable bonds is 20. The highest BCUT2D eigenvalue weighted by atomic mass is 16.4. The summed E-state index contributed by atoms with van der Waals surface area (Å²) in [5.74, 6) is -9.51. The minimum absolute atomic E-state index is 0.241. The van der Waals surface area contributed by atoms with E-state index in [4.69, 9.17) is 0 Å². The molecular formula is C26H45N3O10. The maximum atomic E-state index is 13.7. The molecule has 224 valence electrons. The molecule has 39 heavy (non-hydrogen) atoms. The van der Waals surface area contributed by atoms with Crippen LogP contribution in [0.3, 0.4) is 0 Å². The largest absolute Gasteiger partial charge is 0.479 e. The van der Waals surface area contributed by atoms with Crippen molar-refractivity contribution in [3.8, 4) is 0 Å². The van der Waals surface area contributed by atoms with Gasteiger partial charge in [0, 0.05) is 0 Å². The van der Waals surface area contributed by atoms with E-state index in [-0.39, 0.29) is 6.42 Å². The van der Waals surface area contributed by atoms with Gasteiger partial charge in [-0.25, -0.2) is 4.79 Å². The predicted molar refractivity (Wildman–Crippen MR) is 141 cm³/mol. The lowest BCUT2D eigenvalue weighted by molar-refractivity contribution is -0.181. The van der Waals surface area contributed by atoms with Crippen LogP contribution >= 0.6 is 0 Å². The highest BCUT2D eigenvalue weighted by molar-refractivity contribution is 6.25. The molecule has 0 fully saturated rings. The van der Waals surface area contributed by atoms with Crippen molar-refractivity contribution < 1.29 is 49.2 Å². The van der Waals surface area contributed by atoms with Crippen LogP contribution in [0.1, 0.15) is 66.7 Å². The van der Waals surface area contributed by atoms with E-state index >= 15 is 0 Å². The molecule has 7 N–H and O–H groups in total. The summed E-state index contributed by atoms with van der Waals surface area (Å²) < 4.78 is 0. The molecule has 0 rings (SSSR count). The van der Waals surface area contributed by atoms with E-state index in [0.29, 0.717) is 12.8 Å². The first-order chi connectivity index (χ1) is 17.9. The Balaban J connectivity index is 6.96. The van der Waals surface area contributed by atoms with Gasteiger partial charge in [0.05, 0.1) is 31.0 Å². The van der Waals surface area contributed by atoms with Gasteiger partial charge in [-0.2, -0.15) is 0 Å². The monoisotopic (exact) mass is 559 g/mol. The Hall–Kier alpha value is -2.42. The lowest BCUT2D eigenvalue weighted by Crippen LogP contribution is -2.67. The molecule has 0 spiro atoms. The number of aliphatic carboxylic acids is 1. The number of ketones is 5. The first kappa shape index (κ1) is 36.6. The number of carboxylic acid groups (broad SMARTS) is 1. The molecule has 0 radical (unpaired) electrons. The van der Waals surface area contributed by atoms with Crippen molar-refractivity contribution in [3.63, 3.8) is 0 Å². The Morgan fingerprint density at radius 3 is 1.72 bits per heavy atom. The second-order valence-electron chi connectivity index (χ2n) is 10.2. The van der Waals surface area contributed by atoms with Gasteiger partial charge in [0.2, 0.25) is 11.4 Å². The Labute approximate surface area is 229 Å². The predicted octanol–water partition coefficient (Wildman–Crippen LogP) is -1.46. The van der Waals surface area contributed by atoms with Gasteiger partial charge in [0.1, 0.15) is 0 Å². The quantitative estimate of drug-likeness (QED) is 0.0849. The fraction of sp³-hybridized carbons (Fsp3) is 0.769. The van der Waals surface area contributed by atoms with Crippen molar-refractivity contribution in [1.82, 2.24) is 16.0 Å². The fourth-order valence-corrected chi connectivity index (χ4v) is 4.27. The number of nitrogens with one attached hydrogen (secondary N) is 3. The molecule has 0 saturated carbocycles. The normalized spacial score (nSPS) is 19.4. The molecule has 13 nitrogen and oxygen atoms in total. The first-order valence-electron chi connectivity index (χ1n) is 13.0. The lowest BCUT2D eigenvalue weighted by atomic mass is 9.71. The number of carbonyl (C=O) groups excluding carboxylic acids is 5. The van der Waals surface area contributed by atoms with E-state index in [9.17, 15) is 49.2 Å². The van der Waals surface area contributed by atoms with Crippen molar-refractivity contribution in [3.05, 3.63) is 0 Å². The van der Waals surface area contributed by atoms with Gasteiger partial charge in [0.25, 0.3) is 0 Å². The Kier molecular flexibility index (Phi) is 13.9. The van der Waals surface area contributed by atoms with Crippen LogP contribution in [0.25, 0.3) is 0 Å². The number of Topliss-reactive ketones (excluding diaryl/α,β-unsaturated/α-hetero) is 5. The second kappa shape index (κ2) is 14.8. The second-order valence-corrected chi connectivity index (χ2v) is 10.2. The molecule has 0 aliphatic rings. The Bertz CT molecular complexity index is 937. The van der Waals surface area contributed by atoms with E-state index in [1.807, 2.05) is 0 Å². The van der Waals surface area contributed by atoms with Crippen molar-refractivity contribution in [1.29, 1.82) is 0 Å². The minimum atomic E-state index is -3.60. The van der Waals surface area contributed by atoms with Crippen LogP contribution in [0.4, 0.5) is 0 Å². The van der Waals surface area contributed by atoms with Crippen LogP contribution < -0.4 is 16.0 Å². The molecule has 0 aromatic rings.